The highest BCUT2D eigenvalue weighted by atomic mass is 16.2. The monoisotopic (exact) mass is 246 g/mol. The van der Waals surface area contributed by atoms with Crippen molar-refractivity contribution in [3.63, 3.8) is 0 Å². The summed E-state index contributed by atoms with van der Waals surface area (Å²) in [6.07, 6.45) is 0. The quantitative estimate of drug-likeness (QED) is 0.814. The minimum absolute atomic E-state index is 0.0301. The van der Waals surface area contributed by atoms with Gasteiger partial charge in [0, 0.05) is 19.6 Å². The van der Waals surface area contributed by atoms with E-state index >= 15 is 0 Å². The molecular formula is C15H22N2O. The lowest BCUT2D eigenvalue weighted by molar-refractivity contribution is -0.143. The first kappa shape index (κ1) is 13.1. The van der Waals surface area contributed by atoms with Crippen molar-refractivity contribution in [3.05, 3.63) is 35.9 Å². The number of amides is 1. The lowest BCUT2D eigenvalue weighted by atomic mass is 9.99. The summed E-state index contributed by atoms with van der Waals surface area (Å²) in [5, 5.41) is 0. The average Bonchev–Trinajstić information content (AvgIpc) is 2.34. The van der Waals surface area contributed by atoms with Crippen molar-refractivity contribution < 1.29 is 4.79 Å². The topological polar surface area (TPSA) is 23.6 Å². The molecule has 0 spiro atoms. The van der Waals surface area contributed by atoms with Crippen LogP contribution in [-0.2, 0) is 11.3 Å². The standard InChI is InChI=1S/C15H22N2O/c1-12(2)14-15(18)17(10-9-16(14)3)11-13-7-5-4-6-8-13/h4-8,12,14H,9-11H2,1-3H3. The van der Waals surface area contributed by atoms with Gasteiger partial charge in [0.05, 0.1) is 6.04 Å². The van der Waals surface area contributed by atoms with E-state index in [0.29, 0.717) is 5.92 Å². The van der Waals surface area contributed by atoms with E-state index in [2.05, 4.69) is 30.9 Å². The molecule has 18 heavy (non-hydrogen) atoms. The van der Waals surface area contributed by atoms with Gasteiger partial charge < -0.3 is 4.90 Å². The van der Waals surface area contributed by atoms with Gasteiger partial charge in [-0.15, -0.1) is 0 Å². The Hall–Kier alpha value is -1.35. The Kier molecular flexibility index (Phi) is 4.02. The van der Waals surface area contributed by atoms with Gasteiger partial charge in [-0.3, -0.25) is 9.69 Å². The number of hydrogen-bond acceptors (Lipinski definition) is 2. The molecule has 0 radical (unpaired) electrons. The average molecular weight is 246 g/mol. The van der Waals surface area contributed by atoms with Crippen LogP contribution in [0.3, 0.4) is 0 Å². The van der Waals surface area contributed by atoms with E-state index in [1.807, 2.05) is 30.1 Å². The molecule has 0 aromatic heterocycles. The van der Waals surface area contributed by atoms with Crippen LogP contribution in [0.25, 0.3) is 0 Å². The summed E-state index contributed by atoms with van der Waals surface area (Å²) >= 11 is 0. The van der Waals surface area contributed by atoms with Crippen LogP contribution in [0.5, 0.6) is 0 Å². The lowest BCUT2D eigenvalue weighted by Crippen LogP contribution is -2.57. The van der Waals surface area contributed by atoms with Gasteiger partial charge in [0.1, 0.15) is 0 Å². The molecule has 2 rings (SSSR count). The molecule has 1 aromatic carbocycles. The SMILES string of the molecule is CC(C)C1C(=O)N(Cc2ccccc2)CCN1C. The van der Waals surface area contributed by atoms with Crippen LogP contribution >= 0.6 is 0 Å². The Labute approximate surface area is 109 Å². The van der Waals surface area contributed by atoms with Crippen molar-refractivity contribution in [2.75, 3.05) is 20.1 Å². The molecule has 3 heteroatoms. The van der Waals surface area contributed by atoms with Gasteiger partial charge in [0.15, 0.2) is 0 Å². The molecule has 3 nitrogen and oxygen atoms in total. The molecule has 1 aliphatic heterocycles. The number of nitrogens with zero attached hydrogens (tertiary/aromatic N) is 2. The largest absolute Gasteiger partial charge is 0.336 e. The number of rotatable bonds is 3. The van der Waals surface area contributed by atoms with Crippen LogP contribution in [0.4, 0.5) is 0 Å². The van der Waals surface area contributed by atoms with Gasteiger partial charge in [-0.1, -0.05) is 44.2 Å². The van der Waals surface area contributed by atoms with Gasteiger partial charge in [0.2, 0.25) is 5.91 Å². The third kappa shape index (κ3) is 2.72. The van der Waals surface area contributed by atoms with Gasteiger partial charge in [-0.25, -0.2) is 0 Å². The first-order chi connectivity index (χ1) is 8.59. The van der Waals surface area contributed by atoms with E-state index < -0.39 is 0 Å². The third-order valence-electron chi connectivity index (χ3n) is 3.61. The van der Waals surface area contributed by atoms with Crippen molar-refractivity contribution in [3.8, 4) is 0 Å². The zero-order valence-electron chi connectivity index (χ0n) is 11.5. The number of likely N-dealkylation sites (N-methyl/N-ethyl adjacent to an activating group) is 1. The summed E-state index contributed by atoms with van der Waals surface area (Å²) in [7, 11) is 2.04. The predicted molar refractivity (Wildman–Crippen MR) is 73.1 cm³/mol. The number of carbonyl (C=O) groups excluding carboxylic acids is 1. The van der Waals surface area contributed by atoms with Crippen LogP contribution in [0.1, 0.15) is 19.4 Å². The highest BCUT2D eigenvalue weighted by Crippen LogP contribution is 2.18. The third-order valence-corrected chi connectivity index (χ3v) is 3.61. The molecule has 1 unspecified atom stereocenters. The van der Waals surface area contributed by atoms with Crippen molar-refractivity contribution in [1.82, 2.24) is 9.80 Å². The summed E-state index contributed by atoms with van der Waals surface area (Å²) < 4.78 is 0. The Morgan fingerprint density at radius 1 is 1.22 bits per heavy atom. The molecule has 0 bridgehead atoms. The second-order valence-corrected chi connectivity index (χ2v) is 5.41. The minimum Gasteiger partial charge on any atom is -0.336 e. The summed E-state index contributed by atoms with van der Waals surface area (Å²) in [4.78, 5) is 16.6. The van der Waals surface area contributed by atoms with Gasteiger partial charge in [-0.05, 0) is 18.5 Å². The van der Waals surface area contributed by atoms with Crippen LogP contribution in [0, 0.1) is 5.92 Å². The predicted octanol–water partition coefficient (Wildman–Crippen LogP) is 1.99. The van der Waals surface area contributed by atoms with Gasteiger partial charge >= 0.3 is 0 Å². The van der Waals surface area contributed by atoms with Gasteiger partial charge in [0.25, 0.3) is 0 Å². The lowest BCUT2D eigenvalue weighted by Gasteiger charge is -2.40. The second kappa shape index (κ2) is 5.53. The molecular weight excluding hydrogens is 224 g/mol. The van der Waals surface area contributed by atoms with Crippen molar-refractivity contribution in [2.24, 2.45) is 5.92 Å². The van der Waals surface area contributed by atoms with Crippen molar-refractivity contribution in [2.45, 2.75) is 26.4 Å². The first-order valence-electron chi connectivity index (χ1n) is 6.62. The molecule has 0 saturated carbocycles. The molecule has 1 fully saturated rings. The van der Waals surface area contributed by atoms with E-state index in [1.54, 1.807) is 0 Å². The van der Waals surface area contributed by atoms with E-state index in [0.717, 1.165) is 19.6 Å². The molecule has 98 valence electrons. The summed E-state index contributed by atoms with van der Waals surface area (Å²) in [5.74, 6) is 0.628. The molecule has 1 aliphatic rings. The number of carbonyl (C=O) groups is 1. The van der Waals surface area contributed by atoms with Gasteiger partial charge in [-0.2, -0.15) is 0 Å². The van der Waals surface area contributed by atoms with Crippen LogP contribution < -0.4 is 0 Å². The number of hydrogen-bond donors (Lipinski definition) is 0. The normalized spacial score (nSPS) is 21.7. The Morgan fingerprint density at radius 2 is 1.89 bits per heavy atom. The summed E-state index contributed by atoms with van der Waals surface area (Å²) in [5.41, 5.74) is 1.21. The maximum Gasteiger partial charge on any atom is 0.240 e. The van der Waals surface area contributed by atoms with Crippen LogP contribution in [0.2, 0.25) is 0 Å². The molecule has 1 heterocycles. The fourth-order valence-corrected chi connectivity index (χ4v) is 2.66. The zero-order chi connectivity index (χ0) is 13.1. The van der Waals surface area contributed by atoms with Crippen LogP contribution in [0.15, 0.2) is 30.3 Å². The fourth-order valence-electron chi connectivity index (χ4n) is 2.66. The maximum atomic E-state index is 12.5. The minimum atomic E-state index is 0.0301. The number of piperazine rings is 1. The highest BCUT2D eigenvalue weighted by Gasteiger charge is 2.34. The van der Waals surface area contributed by atoms with E-state index in [4.69, 9.17) is 0 Å². The van der Waals surface area contributed by atoms with E-state index in [-0.39, 0.29) is 11.9 Å². The smallest absolute Gasteiger partial charge is 0.240 e. The van der Waals surface area contributed by atoms with Crippen molar-refractivity contribution in [1.29, 1.82) is 0 Å². The highest BCUT2D eigenvalue weighted by molar-refractivity contribution is 5.82. The Balaban J connectivity index is 2.08. The molecule has 1 amide bonds. The zero-order valence-corrected chi connectivity index (χ0v) is 11.5. The maximum absolute atomic E-state index is 12.5. The fraction of sp³-hybridized carbons (Fsp3) is 0.533. The molecule has 0 aliphatic carbocycles. The molecule has 1 saturated heterocycles. The summed E-state index contributed by atoms with van der Waals surface area (Å²) in [6, 6.07) is 10.2. The molecule has 1 atom stereocenters. The Morgan fingerprint density at radius 3 is 2.50 bits per heavy atom. The number of benzene rings is 1. The van der Waals surface area contributed by atoms with Crippen LogP contribution in [-0.4, -0.2) is 41.9 Å². The molecule has 0 N–H and O–H groups in total. The summed E-state index contributed by atoms with van der Waals surface area (Å²) in [6.45, 7) is 6.75. The molecule has 1 aromatic rings. The Bertz CT molecular complexity index is 402. The van der Waals surface area contributed by atoms with E-state index in [9.17, 15) is 4.79 Å². The first-order valence-corrected chi connectivity index (χ1v) is 6.62. The van der Waals surface area contributed by atoms with Crippen molar-refractivity contribution >= 4 is 5.91 Å². The van der Waals surface area contributed by atoms with E-state index in [1.165, 1.54) is 5.56 Å². The second-order valence-electron chi connectivity index (χ2n) is 5.41.